The lowest BCUT2D eigenvalue weighted by molar-refractivity contribution is -0.141. The van der Waals surface area contributed by atoms with Crippen molar-refractivity contribution in [3.05, 3.63) is 0 Å². The van der Waals surface area contributed by atoms with Gasteiger partial charge in [0.2, 0.25) is 0 Å². The second kappa shape index (κ2) is 5.80. The van der Waals surface area contributed by atoms with Gasteiger partial charge in [-0.15, -0.1) is 0 Å². The Hall–Kier alpha value is -1.26. The van der Waals surface area contributed by atoms with Gasteiger partial charge in [0, 0.05) is 5.54 Å². The summed E-state index contributed by atoms with van der Waals surface area (Å²) in [6.07, 6.45) is 3.73. The van der Waals surface area contributed by atoms with Crippen molar-refractivity contribution in [3.63, 3.8) is 0 Å². The summed E-state index contributed by atoms with van der Waals surface area (Å²) < 4.78 is 5.26. The van der Waals surface area contributed by atoms with Crippen LogP contribution in [0.15, 0.2) is 0 Å². The van der Waals surface area contributed by atoms with Crippen LogP contribution in [0, 0.1) is 5.92 Å². The number of ether oxygens (including phenoxy) is 1. The van der Waals surface area contributed by atoms with Crippen LogP contribution < -0.4 is 5.32 Å². The molecule has 0 aliphatic heterocycles. The Kier molecular flexibility index (Phi) is 4.82. The van der Waals surface area contributed by atoms with Gasteiger partial charge < -0.3 is 15.2 Å². The van der Waals surface area contributed by atoms with Crippen LogP contribution in [0.4, 0.5) is 4.79 Å². The van der Waals surface area contributed by atoms with Gasteiger partial charge in [-0.3, -0.25) is 4.79 Å². The quantitative estimate of drug-likeness (QED) is 0.806. The van der Waals surface area contributed by atoms with E-state index >= 15 is 0 Å². The zero-order valence-electron chi connectivity index (χ0n) is 12.3. The summed E-state index contributed by atoms with van der Waals surface area (Å²) >= 11 is 0. The summed E-state index contributed by atoms with van der Waals surface area (Å²) in [5.74, 6) is -1.16. The molecule has 0 radical (unpaired) electrons. The predicted molar refractivity (Wildman–Crippen MR) is 72.0 cm³/mol. The summed E-state index contributed by atoms with van der Waals surface area (Å²) in [4.78, 5) is 22.6. The Labute approximate surface area is 114 Å². The highest BCUT2D eigenvalue weighted by molar-refractivity contribution is 5.70. The van der Waals surface area contributed by atoms with Crippen LogP contribution in [-0.2, 0) is 9.53 Å². The number of alkyl carbamates (subject to hydrolysis) is 1. The summed E-state index contributed by atoms with van der Waals surface area (Å²) in [7, 11) is 0. The third-order valence-corrected chi connectivity index (χ3v) is 3.55. The average molecular weight is 271 g/mol. The zero-order chi connectivity index (χ0) is 14.7. The lowest BCUT2D eigenvalue weighted by Gasteiger charge is -2.43. The maximum Gasteiger partial charge on any atom is 0.408 e. The van der Waals surface area contributed by atoms with Crippen LogP contribution >= 0.6 is 0 Å². The molecule has 19 heavy (non-hydrogen) atoms. The van der Waals surface area contributed by atoms with Crippen molar-refractivity contribution in [1.29, 1.82) is 0 Å². The van der Waals surface area contributed by atoms with E-state index < -0.39 is 17.7 Å². The standard InChI is InChI=1S/C14H25NO4/c1-10(11(16)17)6-9-14(7-5-8-14)15-12(18)19-13(2,3)4/h10H,5-9H2,1-4H3,(H,15,18)(H,16,17). The largest absolute Gasteiger partial charge is 0.481 e. The van der Waals surface area contributed by atoms with Crippen molar-refractivity contribution in [1.82, 2.24) is 5.32 Å². The first-order chi connectivity index (χ1) is 8.64. The molecule has 1 aliphatic rings. The number of hydrogen-bond donors (Lipinski definition) is 2. The Bertz CT molecular complexity index is 342. The van der Waals surface area contributed by atoms with E-state index in [1.54, 1.807) is 6.92 Å². The van der Waals surface area contributed by atoms with Crippen LogP contribution in [0.2, 0.25) is 0 Å². The number of carboxylic acid groups (broad SMARTS) is 1. The lowest BCUT2D eigenvalue weighted by Crippen LogP contribution is -2.54. The SMILES string of the molecule is CC(CCC1(NC(=O)OC(C)(C)C)CCC1)C(=O)O. The van der Waals surface area contributed by atoms with E-state index in [1.807, 2.05) is 20.8 Å². The molecule has 0 aromatic rings. The maximum atomic E-state index is 11.8. The number of amides is 1. The second-order valence-corrected chi connectivity index (χ2v) is 6.54. The molecule has 0 bridgehead atoms. The van der Waals surface area contributed by atoms with E-state index in [1.165, 1.54) is 0 Å². The molecule has 0 heterocycles. The monoisotopic (exact) mass is 271 g/mol. The maximum absolute atomic E-state index is 11.8. The average Bonchev–Trinajstić information content (AvgIpc) is 2.18. The normalized spacial score (nSPS) is 19.2. The fraction of sp³-hybridized carbons (Fsp3) is 0.857. The second-order valence-electron chi connectivity index (χ2n) is 6.54. The number of aliphatic carboxylic acids is 1. The van der Waals surface area contributed by atoms with Gasteiger partial charge in [0.25, 0.3) is 0 Å². The van der Waals surface area contributed by atoms with Gasteiger partial charge in [0.1, 0.15) is 5.60 Å². The van der Waals surface area contributed by atoms with Crippen molar-refractivity contribution < 1.29 is 19.4 Å². The molecular formula is C14H25NO4. The molecule has 1 amide bonds. The van der Waals surface area contributed by atoms with Crippen molar-refractivity contribution in [2.45, 2.75) is 70.9 Å². The van der Waals surface area contributed by atoms with E-state index in [4.69, 9.17) is 9.84 Å². The van der Waals surface area contributed by atoms with E-state index in [0.29, 0.717) is 12.8 Å². The van der Waals surface area contributed by atoms with Gasteiger partial charge in [-0.1, -0.05) is 6.92 Å². The number of hydrogen-bond acceptors (Lipinski definition) is 3. The first-order valence-electron chi connectivity index (χ1n) is 6.88. The van der Waals surface area contributed by atoms with Gasteiger partial charge in [-0.2, -0.15) is 0 Å². The Morgan fingerprint density at radius 2 is 1.95 bits per heavy atom. The minimum absolute atomic E-state index is 0.258. The molecule has 5 nitrogen and oxygen atoms in total. The van der Waals surface area contributed by atoms with Gasteiger partial charge in [-0.25, -0.2) is 4.79 Å². The molecule has 0 aromatic carbocycles. The Morgan fingerprint density at radius 3 is 2.32 bits per heavy atom. The molecule has 1 unspecified atom stereocenters. The van der Waals surface area contributed by atoms with Crippen LogP contribution in [-0.4, -0.2) is 28.3 Å². The van der Waals surface area contributed by atoms with Crippen LogP contribution in [0.1, 0.15) is 59.8 Å². The van der Waals surface area contributed by atoms with Crippen molar-refractivity contribution in [2.24, 2.45) is 5.92 Å². The molecule has 0 aromatic heterocycles. The zero-order valence-corrected chi connectivity index (χ0v) is 12.3. The van der Waals surface area contributed by atoms with Crippen molar-refractivity contribution in [3.8, 4) is 0 Å². The smallest absolute Gasteiger partial charge is 0.408 e. The fourth-order valence-corrected chi connectivity index (χ4v) is 2.18. The van der Waals surface area contributed by atoms with E-state index in [2.05, 4.69) is 5.32 Å². The molecule has 0 spiro atoms. The predicted octanol–water partition coefficient (Wildman–Crippen LogP) is 2.93. The van der Waals surface area contributed by atoms with E-state index in [-0.39, 0.29) is 11.5 Å². The van der Waals surface area contributed by atoms with Gasteiger partial charge in [0.15, 0.2) is 0 Å². The van der Waals surface area contributed by atoms with Crippen molar-refractivity contribution in [2.75, 3.05) is 0 Å². The van der Waals surface area contributed by atoms with Gasteiger partial charge >= 0.3 is 12.1 Å². The van der Waals surface area contributed by atoms with E-state index in [0.717, 1.165) is 19.3 Å². The highest BCUT2D eigenvalue weighted by Crippen LogP contribution is 2.37. The lowest BCUT2D eigenvalue weighted by atomic mass is 9.72. The number of rotatable bonds is 5. The number of carbonyl (C=O) groups is 2. The third kappa shape index (κ3) is 5.09. The highest BCUT2D eigenvalue weighted by atomic mass is 16.6. The minimum atomic E-state index is -0.785. The topological polar surface area (TPSA) is 75.6 Å². The molecule has 1 saturated carbocycles. The molecule has 2 N–H and O–H groups in total. The van der Waals surface area contributed by atoms with Gasteiger partial charge in [-0.05, 0) is 52.9 Å². The molecule has 1 aliphatic carbocycles. The number of nitrogens with one attached hydrogen (secondary N) is 1. The Balaban J connectivity index is 2.47. The number of carboxylic acids is 1. The molecule has 1 rings (SSSR count). The van der Waals surface area contributed by atoms with Gasteiger partial charge in [0.05, 0.1) is 5.92 Å². The first-order valence-corrected chi connectivity index (χ1v) is 6.88. The molecule has 5 heteroatoms. The highest BCUT2D eigenvalue weighted by Gasteiger charge is 2.39. The first kappa shape index (κ1) is 15.8. The minimum Gasteiger partial charge on any atom is -0.481 e. The third-order valence-electron chi connectivity index (χ3n) is 3.55. The van der Waals surface area contributed by atoms with Crippen LogP contribution in [0.3, 0.4) is 0 Å². The summed E-state index contributed by atoms with van der Waals surface area (Å²) in [6.45, 7) is 7.17. The molecule has 1 fully saturated rings. The Morgan fingerprint density at radius 1 is 1.37 bits per heavy atom. The summed E-state index contributed by atoms with van der Waals surface area (Å²) in [5, 5.41) is 11.8. The molecule has 110 valence electrons. The number of carbonyl (C=O) groups excluding carboxylic acids is 1. The fourth-order valence-electron chi connectivity index (χ4n) is 2.18. The van der Waals surface area contributed by atoms with Crippen molar-refractivity contribution >= 4 is 12.1 Å². The van der Waals surface area contributed by atoms with Crippen LogP contribution in [0.5, 0.6) is 0 Å². The molecule has 0 saturated heterocycles. The van der Waals surface area contributed by atoms with Crippen LogP contribution in [0.25, 0.3) is 0 Å². The summed E-state index contributed by atoms with van der Waals surface area (Å²) in [6, 6.07) is 0. The molecular weight excluding hydrogens is 246 g/mol. The van der Waals surface area contributed by atoms with E-state index in [9.17, 15) is 9.59 Å². The summed E-state index contributed by atoms with van der Waals surface area (Å²) in [5.41, 5.74) is -0.768. The molecule has 1 atom stereocenters.